The summed E-state index contributed by atoms with van der Waals surface area (Å²) in [7, 11) is -3.65. The zero-order chi connectivity index (χ0) is 14.0. The van der Waals surface area contributed by atoms with Crippen molar-refractivity contribution in [2.45, 2.75) is 5.03 Å². The normalized spacial score (nSPS) is 11.4. The first-order valence-electron chi connectivity index (χ1n) is 5.82. The SMILES string of the molecule is O=S(=O)(Nc1ccccc1-c1cccs1)c1ccn[nH]1. The number of nitrogens with one attached hydrogen (secondary N) is 2. The number of H-pyrrole nitrogens is 1. The Morgan fingerprint density at radius 1 is 1.10 bits per heavy atom. The van der Waals surface area contributed by atoms with Crippen LogP contribution in [-0.4, -0.2) is 18.6 Å². The van der Waals surface area contributed by atoms with Gasteiger partial charge in [-0.05, 0) is 23.6 Å². The van der Waals surface area contributed by atoms with E-state index in [9.17, 15) is 8.42 Å². The van der Waals surface area contributed by atoms with Gasteiger partial charge < -0.3 is 0 Å². The molecule has 1 aromatic carbocycles. The van der Waals surface area contributed by atoms with E-state index in [4.69, 9.17) is 0 Å². The summed E-state index contributed by atoms with van der Waals surface area (Å²) in [6, 6.07) is 12.6. The second kappa shape index (κ2) is 5.10. The molecule has 0 amide bonds. The number of aromatic amines is 1. The Morgan fingerprint density at radius 3 is 2.65 bits per heavy atom. The third-order valence-electron chi connectivity index (χ3n) is 2.72. The Kier molecular flexibility index (Phi) is 3.29. The van der Waals surface area contributed by atoms with Crippen LogP contribution < -0.4 is 4.72 Å². The maximum Gasteiger partial charge on any atom is 0.278 e. The van der Waals surface area contributed by atoms with Crippen LogP contribution in [0.5, 0.6) is 0 Å². The quantitative estimate of drug-likeness (QED) is 0.778. The van der Waals surface area contributed by atoms with Gasteiger partial charge in [-0.15, -0.1) is 11.3 Å². The number of hydrogen-bond acceptors (Lipinski definition) is 4. The molecule has 0 saturated heterocycles. The van der Waals surface area contributed by atoms with Crippen molar-refractivity contribution in [1.29, 1.82) is 0 Å². The fourth-order valence-electron chi connectivity index (χ4n) is 1.81. The van der Waals surface area contributed by atoms with Crippen LogP contribution in [-0.2, 0) is 10.0 Å². The van der Waals surface area contributed by atoms with Crippen LogP contribution in [0.4, 0.5) is 5.69 Å². The summed E-state index contributed by atoms with van der Waals surface area (Å²) < 4.78 is 27.0. The molecule has 0 aliphatic carbocycles. The molecule has 0 aliphatic rings. The first kappa shape index (κ1) is 12.9. The van der Waals surface area contributed by atoms with Gasteiger partial charge in [-0.1, -0.05) is 24.3 Å². The van der Waals surface area contributed by atoms with Gasteiger partial charge in [0.15, 0.2) is 5.03 Å². The topological polar surface area (TPSA) is 74.8 Å². The molecule has 0 aliphatic heterocycles. The fourth-order valence-corrected chi connectivity index (χ4v) is 3.57. The molecule has 0 bridgehead atoms. The second-order valence-corrected chi connectivity index (χ2v) is 6.65. The van der Waals surface area contributed by atoms with E-state index in [-0.39, 0.29) is 5.03 Å². The first-order chi connectivity index (χ1) is 9.67. The van der Waals surface area contributed by atoms with E-state index in [1.807, 2.05) is 29.6 Å². The van der Waals surface area contributed by atoms with Crippen molar-refractivity contribution in [3.63, 3.8) is 0 Å². The van der Waals surface area contributed by atoms with Crippen molar-refractivity contribution in [2.75, 3.05) is 4.72 Å². The van der Waals surface area contributed by atoms with Gasteiger partial charge in [0.2, 0.25) is 0 Å². The lowest BCUT2D eigenvalue weighted by Crippen LogP contribution is -2.14. The summed E-state index contributed by atoms with van der Waals surface area (Å²) in [5.74, 6) is 0. The monoisotopic (exact) mass is 305 g/mol. The standard InChI is InChI=1S/C13H11N3O2S2/c17-20(18,13-7-8-14-15-13)16-11-5-2-1-4-10(11)12-6-3-9-19-12/h1-9,16H,(H,14,15). The van der Waals surface area contributed by atoms with E-state index in [0.29, 0.717) is 5.69 Å². The lowest BCUT2D eigenvalue weighted by Gasteiger charge is -2.10. The molecule has 0 unspecified atom stereocenters. The predicted octanol–water partition coefficient (Wildman–Crippen LogP) is 2.94. The summed E-state index contributed by atoms with van der Waals surface area (Å²) in [6.45, 7) is 0. The highest BCUT2D eigenvalue weighted by Gasteiger charge is 2.17. The molecule has 0 atom stereocenters. The van der Waals surface area contributed by atoms with Crippen LogP contribution in [0.3, 0.4) is 0 Å². The van der Waals surface area contributed by atoms with Crippen LogP contribution in [0.2, 0.25) is 0 Å². The number of sulfonamides is 1. The summed E-state index contributed by atoms with van der Waals surface area (Å²) in [5, 5.41) is 8.11. The largest absolute Gasteiger partial charge is 0.278 e. The van der Waals surface area contributed by atoms with Crippen molar-refractivity contribution in [3.8, 4) is 10.4 Å². The lowest BCUT2D eigenvalue weighted by molar-refractivity contribution is 0.597. The molecule has 3 rings (SSSR count). The summed E-state index contributed by atoms with van der Waals surface area (Å²) in [4.78, 5) is 1.01. The molecule has 7 heteroatoms. The highest BCUT2D eigenvalue weighted by Crippen LogP contribution is 2.32. The van der Waals surface area contributed by atoms with Crippen LogP contribution in [0.25, 0.3) is 10.4 Å². The fraction of sp³-hybridized carbons (Fsp3) is 0. The molecule has 5 nitrogen and oxygen atoms in total. The lowest BCUT2D eigenvalue weighted by atomic mass is 10.1. The molecule has 0 saturated carbocycles. The molecule has 3 aromatic rings. The number of anilines is 1. The molecule has 0 spiro atoms. The summed E-state index contributed by atoms with van der Waals surface area (Å²) in [5.41, 5.74) is 1.40. The number of para-hydroxylation sites is 1. The molecular formula is C13H11N3O2S2. The Balaban J connectivity index is 2.00. The van der Waals surface area contributed by atoms with E-state index in [0.717, 1.165) is 10.4 Å². The predicted molar refractivity (Wildman–Crippen MR) is 79.2 cm³/mol. The molecule has 0 fully saturated rings. The van der Waals surface area contributed by atoms with Gasteiger partial charge in [-0.25, -0.2) is 0 Å². The maximum atomic E-state index is 12.2. The molecule has 102 valence electrons. The molecular weight excluding hydrogens is 294 g/mol. The third kappa shape index (κ3) is 2.45. The van der Waals surface area contributed by atoms with Gasteiger partial charge in [0, 0.05) is 10.4 Å². The van der Waals surface area contributed by atoms with Crippen LogP contribution >= 0.6 is 11.3 Å². The van der Waals surface area contributed by atoms with Gasteiger partial charge in [-0.2, -0.15) is 13.5 Å². The van der Waals surface area contributed by atoms with E-state index in [2.05, 4.69) is 14.9 Å². The first-order valence-corrected chi connectivity index (χ1v) is 8.18. The van der Waals surface area contributed by atoms with Gasteiger partial charge in [-0.3, -0.25) is 9.82 Å². The summed E-state index contributed by atoms with van der Waals surface area (Å²) >= 11 is 1.56. The Morgan fingerprint density at radius 2 is 1.95 bits per heavy atom. The minimum absolute atomic E-state index is 0.0403. The van der Waals surface area contributed by atoms with Crippen LogP contribution in [0.15, 0.2) is 59.1 Å². The zero-order valence-electron chi connectivity index (χ0n) is 10.3. The Labute approximate surface area is 120 Å². The van der Waals surface area contributed by atoms with Gasteiger partial charge >= 0.3 is 0 Å². The van der Waals surface area contributed by atoms with Crippen molar-refractivity contribution in [2.24, 2.45) is 0 Å². The smallest absolute Gasteiger partial charge is 0.278 e. The molecule has 0 radical (unpaired) electrons. The number of benzene rings is 1. The van der Waals surface area contributed by atoms with Crippen molar-refractivity contribution >= 4 is 27.0 Å². The molecule has 2 heterocycles. The van der Waals surface area contributed by atoms with E-state index in [1.165, 1.54) is 12.3 Å². The Hall–Kier alpha value is -2.12. The average Bonchev–Trinajstić information content (AvgIpc) is 3.13. The van der Waals surface area contributed by atoms with Gasteiger partial charge in [0.1, 0.15) is 0 Å². The molecule has 2 aromatic heterocycles. The third-order valence-corrected chi connectivity index (χ3v) is 4.92. The molecule has 2 N–H and O–H groups in total. The average molecular weight is 305 g/mol. The number of aromatic nitrogens is 2. The number of nitrogens with zero attached hydrogens (tertiary/aromatic N) is 1. The molecule has 20 heavy (non-hydrogen) atoms. The van der Waals surface area contributed by atoms with Crippen molar-refractivity contribution < 1.29 is 8.42 Å². The van der Waals surface area contributed by atoms with Crippen LogP contribution in [0.1, 0.15) is 0 Å². The minimum Gasteiger partial charge on any atom is -0.278 e. The number of hydrogen-bond donors (Lipinski definition) is 2. The van der Waals surface area contributed by atoms with E-state index in [1.54, 1.807) is 23.5 Å². The second-order valence-electron chi connectivity index (χ2n) is 4.05. The van der Waals surface area contributed by atoms with Crippen LogP contribution in [0, 0.1) is 0 Å². The van der Waals surface area contributed by atoms with E-state index >= 15 is 0 Å². The Bertz CT molecular complexity index is 794. The number of thiophene rings is 1. The zero-order valence-corrected chi connectivity index (χ0v) is 11.9. The van der Waals surface area contributed by atoms with E-state index < -0.39 is 10.0 Å². The highest BCUT2D eigenvalue weighted by atomic mass is 32.2. The minimum atomic E-state index is -3.65. The highest BCUT2D eigenvalue weighted by molar-refractivity contribution is 7.92. The van der Waals surface area contributed by atoms with Crippen molar-refractivity contribution in [1.82, 2.24) is 10.2 Å². The number of rotatable bonds is 4. The van der Waals surface area contributed by atoms with Gasteiger partial charge in [0.05, 0.1) is 11.9 Å². The maximum absolute atomic E-state index is 12.2. The van der Waals surface area contributed by atoms with Crippen molar-refractivity contribution in [3.05, 3.63) is 54.0 Å². The van der Waals surface area contributed by atoms with Gasteiger partial charge in [0.25, 0.3) is 10.0 Å². The summed E-state index contributed by atoms with van der Waals surface area (Å²) in [6.07, 6.45) is 1.40.